The van der Waals surface area contributed by atoms with Crippen LogP contribution in [0.5, 0.6) is 0 Å². The van der Waals surface area contributed by atoms with Gasteiger partial charge < -0.3 is 4.74 Å². The number of fused-ring (bicyclic) bond motifs is 5. The fourth-order valence-electron chi connectivity index (χ4n) is 13.0. The topological polar surface area (TPSA) is 86.5 Å². The second-order valence-corrected chi connectivity index (χ2v) is 23.1. The molecule has 8 rings (SSSR count). The molecule has 0 radical (unpaired) electrons. The van der Waals surface area contributed by atoms with Crippen LogP contribution in [0.3, 0.4) is 0 Å². The highest BCUT2D eigenvalue weighted by molar-refractivity contribution is 7.97. The molecule has 0 aliphatic heterocycles. The van der Waals surface area contributed by atoms with Crippen molar-refractivity contribution in [1.29, 1.82) is 0 Å². The molecular weight excluding hydrogens is 774 g/mol. The number of hydrogen-bond acceptors (Lipinski definition) is 5. The molecule has 0 unspecified atom stereocenters. The van der Waals surface area contributed by atoms with E-state index in [1.807, 2.05) is 91.0 Å². The number of ether oxygens (including phenoxy) is 1. The average Bonchev–Trinajstić information content (AvgIpc) is 3.63. The van der Waals surface area contributed by atoms with Crippen molar-refractivity contribution in [2.75, 3.05) is 0 Å². The van der Waals surface area contributed by atoms with Crippen LogP contribution >= 0.6 is 6.89 Å². The van der Waals surface area contributed by atoms with Gasteiger partial charge in [-0.1, -0.05) is 169 Å². The number of carbonyl (C=O) groups is 2. The minimum Gasteiger partial charge on any atom is -0.458 e. The number of nitro groups is 1. The van der Waals surface area contributed by atoms with Crippen molar-refractivity contribution in [2.45, 2.75) is 111 Å². The number of benzene rings is 4. The maximum absolute atomic E-state index is 15.4. The van der Waals surface area contributed by atoms with Crippen LogP contribution in [0, 0.1) is 56.5 Å². The van der Waals surface area contributed by atoms with Crippen molar-refractivity contribution in [3.63, 3.8) is 0 Å². The monoisotopic (exact) mass is 837 g/mol. The molecule has 0 amide bonds. The molecule has 0 spiro atoms. The molecular formula is C54H64NO5P. The summed E-state index contributed by atoms with van der Waals surface area (Å²) in [5.74, 6) is 3.25. The summed E-state index contributed by atoms with van der Waals surface area (Å²) in [6, 6.07) is 35.1. The van der Waals surface area contributed by atoms with E-state index in [1.54, 1.807) is 6.07 Å². The van der Waals surface area contributed by atoms with Crippen molar-refractivity contribution in [3.05, 3.63) is 143 Å². The fraction of sp³-hybridized carbons (Fsp3) is 0.463. The van der Waals surface area contributed by atoms with Crippen LogP contribution in [0.2, 0.25) is 0 Å². The molecule has 4 aliphatic carbocycles. The smallest absolute Gasteiger partial charge is 0.343 e. The predicted molar refractivity (Wildman–Crippen MR) is 251 cm³/mol. The van der Waals surface area contributed by atoms with Crippen LogP contribution < -0.4 is 15.9 Å². The van der Waals surface area contributed by atoms with E-state index in [9.17, 15) is 10.1 Å². The standard InChI is InChI=1S/C54H64NO5P/c1-37(2)17-15-18-38(3)47-29-30-48-46-28-27-40-36-42(31-33-53(40,4)49(46)32-34-54(47,48)5)60-52(57)51(50(56)39-19-16-20-41(35-39)55(58)59)61(43-21-9-6-10-22-43,44-23-11-7-12-24-44)45-25-13-8-14-26-45/h6-14,16,19-27,35,37-38,42,46-49H,15,17-18,28-34,36H2,1-5H3/t38-,42-,46+,47-,48+,49+,53-,54+/m0/s1. The largest absolute Gasteiger partial charge is 0.458 e. The van der Waals surface area contributed by atoms with Crippen LogP contribution in [0.4, 0.5) is 5.69 Å². The number of Topliss-reactive ketones (excluding diaryl/α,β-unsaturated/α-hetero) is 1. The van der Waals surface area contributed by atoms with Crippen molar-refractivity contribution >= 4 is 45.5 Å². The van der Waals surface area contributed by atoms with E-state index in [2.05, 4.69) is 40.7 Å². The number of carbonyl (C=O) groups excluding carboxylic acids is 2. The van der Waals surface area contributed by atoms with Gasteiger partial charge in [0.2, 0.25) is 5.78 Å². The molecule has 4 aromatic carbocycles. The van der Waals surface area contributed by atoms with Crippen LogP contribution in [-0.4, -0.2) is 28.1 Å². The van der Waals surface area contributed by atoms with E-state index < -0.39 is 29.7 Å². The number of rotatable bonds is 13. The maximum atomic E-state index is 15.4. The molecule has 3 fully saturated rings. The summed E-state index contributed by atoms with van der Waals surface area (Å²) in [5, 5.41) is 14.5. The number of hydrogen-bond donors (Lipinski definition) is 0. The third-order valence-electron chi connectivity index (χ3n) is 16.0. The van der Waals surface area contributed by atoms with E-state index in [0.29, 0.717) is 23.7 Å². The lowest BCUT2D eigenvalue weighted by Crippen LogP contribution is -2.51. The Morgan fingerprint density at radius 2 is 1.39 bits per heavy atom. The first-order valence-corrected chi connectivity index (χ1v) is 24.8. The van der Waals surface area contributed by atoms with Crippen LogP contribution in [0.1, 0.15) is 116 Å². The Bertz CT molecular complexity index is 2220. The Labute approximate surface area is 363 Å². The molecule has 320 valence electrons. The van der Waals surface area contributed by atoms with Gasteiger partial charge in [-0.25, -0.2) is 4.79 Å². The zero-order valence-electron chi connectivity index (χ0n) is 36.8. The summed E-state index contributed by atoms with van der Waals surface area (Å²) in [7, 11) is 0. The number of nitro benzene ring substituents is 1. The number of ketones is 1. The van der Waals surface area contributed by atoms with Crippen LogP contribution in [-0.2, 0) is 9.53 Å². The third-order valence-corrected chi connectivity index (χ3v) is 20.3. The van der Waals surface area contributed by atoms with E-state index in [0.717, 1.165) is 58.8 Å². The Balaban J connectivity index is 1.15. The summed E-state index contributed by atoms with van der Waals surface area (Å²) in [5.41, 5.74) is 1.78. The summed E-state index contributed by atoms with van der Waals surface area (Å²) >= 11 is 0. The fourth-order valence-corrected chi connectivity index (χ4v) is 17.3. The van der Waals surface area contributed by atoms with E-state index in [1.165, 1.54) is 68.7 Å². The van der Waals surface area contributed by atoms with E-state index in [4.69, 9.17) is 4.74 Å². The zero-order chi connectivity index (χ0) is 42.9. The molecule has 0 saturated heterocycles. The first kappa shape index (κ1) is 43.1. The first-order valence-electron chi connectivity index (χ1n) is 23.0. The lowest BCUT2D eigenvalue weighted by atomic mass is 9.47. The predicted octanol–water partition coefficient (Wildman–Crippen LogP) is 11.9. The maximum Gasteiger partial charge on any atom is 0.343 e. The molecule has 6 nitrogen and oxygen atoms in total. The first-order chi connectivity index (χ1) is 29.4. The molecule has 0 aromatic heterocycles. The number of allylic oxidation sites excluding steroid dienone is 1. The van der Waals surface area contributed by atoms with E-state index >= 15 is 9.59 Å². The molecule has 0 N–H and O–H groups in total. The highest BCUT2D eigenvalue weighted by atomic mass is 31.2. The summed E-state index contributed by atoms with van der Waals surface area (Å²) < 4.78 is 6.70. The SMILES string of the molecule is CC(C)CCC[C@H](C)[C@@H]1CC[C@@H]2[C@H]3CC=C4C[C@@H](OC(=O)C(C(=O)c5cccc([N+](=O)[O-])c5)=P(c5ccccc5)(c5ccccc5)c5ccccc5)CC[C@]4(C)[C@@H]3CC[C@@]21C. The molecule has 61 heavy (non-hydrogen) atoms. The highest BCUT2D eigenvalue weighted by Gasteiger charge is 2.59. The van der Waals surface area contributed by atoms with Crippen molar-refractivity contribution < 1.29 is 19.2 Å². The Kier molecular flexibility index (Phi) is 12.5. The molecule has 8 atom stereocenters. The third kappa shape index (κ3) is 7.92. The molecule has 4 aliphatic rings. The number of nitrogens with zero attached hydrogens (tertiary/aromatic N) is 1. The summed E-state index contributed by atoms with van der Waals surface area (Å²) in [6.07, 6.45) is 14.9. The second kappa shape index (κ2) is 17.7. The minimum atomic E-state index is -3.24. The molecule has 4 aromatic rings. The number of non-ortho nitro benzene ring substituents is 1. The molecule has 0 heterocycles. The Morgan fingerprint density at radius 1 is 0.770 bits per heavy atom. The van der Waals surface area contributed by atoms with Gasteiger partial charge in [0, 0.05) is 24.1 Å². The van der Waals surface area contributed by atoms with Gasteiger partial charge in [0.25, 0.3) is 5.69 Å². The zero-order valence-corrected chi connectivity index (χ0v) is 37.7. The van der Waals surface area contributed by atoms with Crippen molar-refractivity contribution in [2.24, 2.45) is 46.3 Å². The van der Waals surface area contributed by atoms with Gasteiger partial charge in [0.15, 0.2) is 0 Å². The molecule has 3 saturated carbocycles. The van der Waals surface area contributed by atoms with Gasteiger partial charge in [-0.2, -0.15) is 0 Å². The van der Waals surface area contributed by atoms with Gasteiger partial charge in [0.05, 0.1) is 4.92 Å². The summed E-state index contributed by atoms with van der Waals surface area (Å²) in [6.45, 7) is 9.13. The second-order valence-electron chi connectivity index (χ2n) is 19.7. The van der Waals surface area contributed by atoms with Gasteiger partial charge >= 0.3 is 5.97 Å². The molecule has 0 bridgehead atoms. The quantitative estimate of drug-likeness (QED) is 0.0255. The Morgan fingerprint density at radius 3 is 1.98 bits per heavy atom. The number of esters is 1. The van der Waals surface area contributed by atoms with Gasteiger partial charge in [0.1, 0.15) is 11.4 Å². The molecule has 7 heteroatoms. The van der Waals surface area contributed by atoms with E-state index in [-0.39, 0.29) is 22.0 Å². The Hall–Kier alpha value is -4.54. The summed E-state index contributed by atoms with van der Waals surface area (Å²) in [4.78, 5) is 42.2. The van der Waals surface area contributed by atoms with Gasteiger partial charge in [-0.05, 0) is 114 Å². The lowest BCUT2D eigenvalue weighted by Gasteiger charge is -2.58. The average molecular weight is 838 g/mol. The lowest BCUT2D eigenvalue weighted by molar-refractivity contribution is -0.384. The van der Waals surface area contributed by atoms with Gasteiger partial charge in [-0.15, -0.1) is 0 Å². The van der Waals surface area contributed by atoms with Gasteiger partial charge in [-0.3, -0.25) is 14.9 Å². The minimum absolute atomic E-state index is 0.0309. The highest BCUT2D eigenvalue weighted by Crippen LogP contribution is 2.67. The normalized spacial score (nSPS) is 27.5. The van der Waals surface area contributed by atoms with Crippen molar-refractivity contribution in [1.82, 2.24) is 0 Å². The van der Waals surface area contributed by atoms with Crippen molar-refractivity contribution in [3.8, 4) is 0 Å². The van der Waals surface area contributed by atoms with Crippen LogP contribution in [0.15, 0.2) is 127 Å². The van der Waals surface area contributed by atoms with Crippen LogP contribution in [0.25, 0.3) is 0 Å².